The second kappa shape index (κ2) is 6.05. The third-order valence-electron chi connectivity index (χ3n) is 2.16. The Kier molecular flexibility index (Phi) is 4.65. The van der Waals surface area contributed by atoms with Crippen LogP contribution in [0, 0.1) is 18.3 Å². The first kappa shape index (κ1) is 11.5. The molecule has 15 heavy (non-hydrogen) atoms. The summed E-state index contributed by atoms with van der Waals surface area (Å²) < 4.78 is 0. The fourth-order valence-corrected chi connectivity index (χ4v) is 1.37. The Morgan fingerprint density at radius 1 is 1.33 bits per heavy atom. The second-order valence-corrected chi connectivity index (χ2v) is 3.44. The fourth-order valence-electron chi connectivity index (χ4n) is 1.37. The Balaban J connectivity index is 2.57. The van der Waals surface area contributed by atoms with E-state index >= 15 is 0 Å². The average Bonchev–Trinajstić information content (AvgIpc) is 2.26. The number of benzene rings is 1. The van der Waals surface area contributed by atoms with Crippen LogP contribution < -0.4 is 10.6 Å². The average molecular weight is 203 g/mol. The summed E-state index contributed by atoms with van der Waals surface area (Å²) in [4.78, 5) is 0. The van der Waals surface area contributed by atoms with Crippen LogP contribution in [0.15, 0.2) is 18.2 Å². The summed E-state index contributed by atoms with van der Waals surface area (Å²) in [5.41, 5.74) is 2.75. The van der Waals surface area contributed by atoms with Gasteiger partial charge in [-0.3, -0.25) is 0 Å². The van der Waals surface area contributed by atoms with E-state index in [4.69, 9.17) is 5.26 Å². The molecule has 0 amide bonds. The van der Waals surface area contributed by atoms with Gasteiger partial charge in [0.1, 0.15) is 6.07 Å². The van der Waals surface area contributed by atoms with Gasteiger partial charge in [0, 0.05) is 13.1 Å². The minimum absolute atomic E-state index is 0.714. The highest BCUT2D eigenvalue weighted by Gasteiger charge is 2.00. The zero-order chi connectivity index (χ0) is 11.1. The van der Waals surface area contributed by atoms with E-state index in [2.05, 4.69) is 23.6 Å². The molecule has 0 aliphatic rings. The van der Waals surface area contributed by atoms with Crippen molar-refractivity contribution < 1.29 is 0 Å². The molecule has 0 aliphatic heterocycles. The Morgan fingerprint density at radius 3 is 2.80 bits per heavy atom. The molecule has 0 aliphatic carbocycles. The predicted molar refractivity (Wildman–Crippen MR) is 62.9 cm³/mol. The first-order valence-electron chi connectivity index (χ1n) is 5.23. The number of hydrogen-bond acceptors (Lipinski definition) is 3. The zero-order valence-electron chi connectivity index (χ0n) is 9.30. The largest absolute Gasteiger partial charge is 0.383 e. The van der Waals surface area contributed by atoms with Crippen molar-refractivity contribution in [2.24, 2.45) is 0 Å². The molecular weight excluding hydrogens is 186 g/mol. The lowest BCUT2D eigenvalue weighted by atomic mass is 10.1. The molecule has 0 saturated carbocycles. The van der Waals surface area contributed by atoms with Crippen molar-refractivity contribution in [3.05, 3.63) is 29.3 Å². The van der Waals surface area contributed by atoms with Crippen LogP contribution in [0.1, 0.15) is 18.1 Å². The monoisotopic (exact) mass is 203 g/mol. The second-order valence-electron chi connectivity index (χ2n) is 3.44. The highest BCUT2D eigenvalue weighted by Crippen LogP contribution is 2.15. The topological polar surface area (TPSA) is 47.8 Å². The normalized spacial score (nSPS) is 9.67. The first-order valence-corrected chi connectivity index (χ1v) is 5.23. The van der Waals surface area contributed by atoms with E-state index < -0.39 is 0 Å². The van der Waals surface area contributed by atoms with Crippen molar-refractivity contribution in [1.82, 2.24) is 5.32 Å². The van der Waals surface area contributed by atoms with Crippen molar-refractivity contribution in [1.29, 1.82) is 5.26 Å². The molecule has 80 valence electrons. The molecule has 0 fully saturated rings. The number of nitrogens with one attached hydrogen (secondary N) is 2. The first-order chi connectivity index (χ1) is 7.27. The number of likely N-dealkylation sites (N-methyl/N-ethyl adjacent to an activating group) is 1. The van der Waals surface area contributed by atoms with Gasteiger partial charge in [0.05, 0.1) is 11.3 Å². The maximum Gasteiger partial charge on any atom is 0.101 e. The van der Waals surface area contributed by atoms with Crippen molar-refractivity contribution in [2.75, 3.05) is 25.0 Å². The van der Waals surface area contributed by atoms with Gasteiger partial charge in [0.2, 0.25) is 0 Å². The molecule has 1 rings (SSSR count). The lowest BCUT2D eigenvalue weighted by Gasteiger charge is -2.08. The molecule has 3 heteroatoms. The highest BCUT2D eigenvalue weighted by molar-refractivity contribution is 5.58. The Bertz CT molecular complexity index is 352. The number of nitrogens with zero attached hydrogens (tertiary/aromatic N) is 1. The minimum Gasteiger partial charge on any atom is -0.383 e. The number of anilines is 1. The number of aryl methyl sites for hydroxylation is 1. The van der Waals surface area contributed by atoms with E-state index in [1.807, 2.05) is 25.1 Å². The van der Waals surface area contributed by atoms with E-state index in [0.29, 0.717) is 5.56 Å². The SMILES string of the molecule is CCNCCNc1ccc(C)cc1C#N. The number of hydrogen-bond donors (Lipinski definition) is 2. The van der Waals surface area contributed by atoms with E-state index in [9.17, 15) is 0 Å². The van der Waals surface area contributed by atoms with Crippen LogP contribution in [0.3, 0.4) is 0 Å². The third kappa shape index (κ3) is 3.61. The van der Waals surface area contributed by atoms with Crippen LogP contribution >= 0.6 is 0 Å². The third-order valence-corrected chi connectivity index (χ3v) is 2.16. The standard InChI is InChI=1S/C12H17N3/c1-3-14-6-7-15-12-5-4-10(2)8-11(12)9-13/h4-5,8,14-15H,3,6-7H2,1-2H3. The van der Waals surface area contributed by atoms with Crippen molar-refractivity contribution >= 4 is 5.69 Å². The van der Waals surface area contributed by atoms with E-state index in [0.717, 1.165) is 30.9 Å². The van der Waals surface area contributed by atoms with E-state index in [-0.39, 0.29) is 0 Å². The summed E-state index contributed by atoms with van der Waals surface area (Å²) in [6.45, 7) is 6.79. The summed E-state index contributed by atoms with van der Waals surface area (Å²) in [6, 6.07) is 8.06. The quantitative estimate of drug-likeness (QED) is 0.718. The molecule has 1 aromatic rings. The van der Waals surface area contributed by atoms with E-state index in [1.165, 1.54) is 0 Å². The molecule has 0 aromatic heterocycles. The molecule has 0 radical (unpaired) electrons. The maximum atomic E-state index is 8.94. The van der Waals surface area contributed by atoms with Crippen molar-refractivity contribution in [2.45, 2.75) is 13.8 Å². The van der Waals surface area contributed by atoms with Crippen LogP contribution in [0.4, 0.5) is 5.69 Å². The molecule has 2 N–H and O–H groups in total. The zero-order valence-corrected chi connectivity index (χ0v) is 9.30. The van der Waals surface area contributed by atoms with Gasteiger partial charge in [-0.15, -0.1) is 0 Å². The van der Waals surface area contributed by atoms with Crippen LogP contribution in [-0.4, -0.2) is 19.6 Å². The van der Waals surface area contributed by atoms with Crippen LogP contribution in [0.2, 0.25) is 0 Å². The molecule has 0 unspecified atom stereocenters. The summed E-state index contributed by atoms with van der Waals surface area (Å²) in [7, 11) is 0. The smallest absolute Gasteiger partial charge is 0.101 e. The molecule has 0 spiro atoms. The summed E-state index contributed by atoms with van der Waals surface area (Å²) in [5.74, 6) is 0. The van der Waals surface area contributed by atoms with Crippen LogP contribution in [0.25, 0.3) is 0 Å². The van der Waals surface area contributed by atoms with Gasteiger partial charge in [0.25, 0.3) is 0 Å². The Morgan fingerprint density at radius 2 is 2.13 bits per heavy atom. The summed E-state index contributed by atoms with van der Waals surface area (Å²) in [5, 5.41) is 15.4. The van der Waals surface area contributed by atoms with E-state index in [1.54, 1.807) is 0 Å². The summed E-state index contributed by atoms with van der Waals surface area (Å²) >= 11 is 0. The van der Waals surface area contributed by atoms with Crippen molar-refractivity contribution in [3.63, 3.8) is 0 Å². The molecule has 1 aromatic carbocycles. The van der Waals surface area contributed by atoms with Crippen LogP contribution in [0.5, 0.6) is 0 Å². The minimum atomic E-state index is 0.714. The van der Waals surface area contributed by atoms with Gasteiger partial charge in [-0.05, 0) is 31.2 Å². The van der Waals surface area contributed by atoms with Crippen LogP contribution in [-0.2, 0) is 0 Å². The van der Waals surface area contributed by atoms with Gasteiger partial charge in [-0.25, -0.2) is 0 Å². The fraction of sp³-hybridized carbons (Fsp3) is 0.417. The Labute approximate surface area is 91.1 Å². The molecular formula is C12H17N3. The van der Waals surface area contributed by atoms with Crippen molar-refractivity contribution in [3.8, 4) is 6.07 Å². The molecule has 0 saturated heterocycles. The Hall–Kier alpha value is -1.53. The van der Waals surface area contributed by atoms with Gasteiger partial charge < -0.3 is 10.6 Å². The lowest BCUT2D eigenvalue weighted by molar-refractivity contribution is 0.739. The molecule has 0 atom stereocenters. The molecule has 0 heterocycles. The lowest BCUT2D eigenvalue weighted by Crippen LogP contribution is -2.21. The van der Waals surface area contributed by atoms with Gasteiger partial charge in [0.15, 0.2) is 0 Å². The van der Waals surface area contributed by atoms with Gasteiger partial charge >= 0.3 is 0 Å². The predicted octanol–water partition coefficient (Wildman–Crippen LogP) is 1.89. The number of nitriles is 1. The maximum absolute atomic E-state index is 8.94. The molecule has 3 nitrogen and oxygen atoms in total. The molecule has 0 bridgehead atoms. The number of rotatable bonds is 5. The van der Waals surface area contributed by atoms with Gasteiger partial charge in [-0.1, -0.05) is 13.0 Å². The highest BCUT2D eigenvalue weighted by atomic mass is 14.9. The van der Waals surface area contributed by atoms with Gasteiger partial charge in [-0.2, -0.15) is 5.26 Å². The summed E-state index contributed by atoms with van der Waals surface area (Å²) in [6.07, 6.45) is 0.